The molecule has 0 N–H and O–H groups in total. The molecule has 0 unspecified atom stereocenters. The molecule has 0 amide bonds. The third-order valence-electron chi connectivity index (χ3n) is 3.09. The maximum Gasteiger partial charge on any atom is 0.185 e. The second-order valence-electron chi connectivity index (χ2n) is 4.52. The molecule has 0 aliphatic carbocycles. The van der Waals surface area contributed by atoms with Crippen molar-refractivity contribution in [2.75, 3.05) is 0 Å². The largest absolute Gasteiger partial charge is 0.292 e. The first-order chi connectivity index (χ1) is 9.24. The summed E-state index contributed by atoms with van der Waals surface area (Å²) < 4.78 is 1.22. The van der Waals surface area contributed by atoms with Crippen LogP contribution in [-0.2, 0) is 6.42 Å². The summed E-state index contributed by atoms with van der Waals surface area (Å²) in [6.07, 6.45) is 0.417. The van der Waals surface area contributed by atoms with E-state index in [2.05, 4.69) is 22.5 Å². The lowest BCUT2D eigenvalue weighted by Crippen LogP contribution is -2.06. The minimum Gasteiger partial charge on any atom is -0.292 e. The summed E-state index contributed by atoms with van der Waals surface area (Å²) in [5.74, 6) is 0.0762. The first kappa shape index (κ1) is 12.1. The summed E-state index contributed by atoms with van der Waals surface area (Å²) in [4.78, 5) is 16.5. The van der Waals surface area contributed by atoms with Gasteiger partial charge in [-0.3, -0.25) is 9.78 Å². The van der Waals surface area contributed by atoms with Gasteiger partial charge >= 0.3 is 0 Å². The molecule has 0 aliphatic rings. The summed E-state index contributed by atoms with van der Waals surface area (Å²) in [7, 11) is 0. The van der Waals surface area contributed by atoms with Gasteiger partial charge in [-0.2, -0.15) is 0 Å². The summed E-state index contributed by atoms with van der Waals surface area (Å²) >= 11 is 1.68. The third kappa shape index (κ3) is 2.42. The van der Waals surface area contributed by atoms with Crippen molar-refractivity contribution >= 4 is 27.2 Å². The van der Waals surface area contributed by atoms with Crippen LogP contribution in [0.5, 0.6) is 0 Å². The number of aryl methyl sites for hydroxylation is 1. The van der Waals surface area contributed by atoms with E-state index in [0.717, 1.165) is 11.3 Å². The normalized spacial score (nSPS) is 10.8. The van der Waals surface area contributed by atoms with Crippen molar-refractivity contribution in [2.45, 2.75) is 13.3 Å². The molecule has 2 heterocycles. The molecule has 0 spiro atoms. The lowest BCUT2D eigenvalue weighted by atomic mass is 10.1. The fourth-order valence-corrected chi connectivity index (χ4v) is 3.09. The predicted octanol–water partition coefficient (Wildman–Crippen LogP) is 4.03. The van der Waals surface area contributed by atoms with E-state index < -0.39 is 0 Å². The highest BCUT2D eigenvalue weighted by molar-refractivity contribution is 7.17. The van der Waals surface area contributed by atoms with Crippen molar-refractivity contribution in [3.05, 3.63) is 64.8 Å². The van der Waals surface area contributed by atoms with Crippen LogP contribution in [0.15, 0.2) is 47.8 Å². The predicted molar refractivity (Wildman–Crippen MR) is 78.8 cm³/mol. The first-order valence-corrected chi connectivity index (χ1v) is 7.04. The van der Waals surface area contributed by atoms with Gasteiger partial charge in [0.2, 0.25) is 0 Å². The molecule has 94 valence electrons. The van der Waals surface area contributed by atoms with E-state index in [-0.39, 0.29) is 5.78 Å². The van der Waals surface area contributed by atoms with Gasteiger partial charge in [0.1, 0.15) is 5.69 Å². The Balaban J connectivity index is 1.91. The van der Waals surface area contributed by atoms with Gasteiger partial charge in [-0.05, 0) is 41.5 Å². The molecule has 0 atom stereocenters. The quantitative estimate of drug-likeness (QED) is 0.671. The van der Waals surface area contributed by atoms with Gasteiger partial charge in [-0.1, -0.05) is 24.3 Å². The van der Waals surface area contributed by atoms with Crippen LogP contribution >= 0.6 is 11.3 Å². The first-order valence-electron chi connectivity index (χ1n) is 6.16. The topological polar surface area (TPSA) is 30.0 Å². The van der Waals surface area contributed by atoms with E-state index in [9.17, 15) is 4.79 Å². The van der Waals surface area contributed by atoms with Crippen molar-refractivity contribution in [3.8, 4) is 0 Å². The van der Waals surface area contributed by atoms with Crippen LogP contribution in [0.4, 0.5) is 0 Å². The van der Waals surface area contributed by atoms with Gasteiger partial charge in [0.25, 0.3) is 0 Å². The van der Waals surface area contributed by atoms with Crippen molar-refractivity contribution in [1.29, 1.82) is 0 Å². The maximum atomic E-state index is 12.3. The summed E-state index contributed by atoms with van der Waals surface area (Å²) in [5, 5.41) is 3.24. The molecular formula is C16H13NOS. The zero-order chi connectivity index (χ0) is 13.2. The molecule has 0 radical (unpaired) electrons. The number of benzene rings is 1. The second kappa shape index (κ2) is 4.94. The van der Waals surface area contributed by atoms with E-state index in [1.165, 1.54) is 10.1 Å². The lowest BCUT2D eigenvalue weighted by Gasteiger charge is -2.01. The number of aromatic nitrogens is 1. The van der Waals surface area contributed by atoms with Gasteiger partial charge in [-0.15, -0.1) is 11.3 Å². The Morgan fingerprint density at radius 2 is 2.00 bits per heavy atom. The molecule has 3 rings (SSSR count). The van der Waals surface area contributed by atoms with Gasteiger partial charge in [0, 0.05) is 16.8 Å². The number of carbonyl (C=O) groups excluding carboxylic acids is 1. The average molecular weight is 267 g/mol. The Morgan fingerprint density at radius 1 is 1.16 bits per heavy atom. The molecule has 2 aromatic heterocycles. The smallest absolute Gasteiger partial charge is 0.185 e. The fraction of sp³-hybridized carbons (Fsp3) is 0.125. The molecule has 1 aromatic carbocycles. The standard InChI is InChI=1S/C16H13NOS/c1-11-5-4-7-14(17-11)15(18)9-12-10-19-16-8-3-2-6-13(12)16/h2-8,10H,9H2,1H3. The Bertz CT molecular complexity index is 745. The number of pyridine rings is 1. The number of carbonyl (C=O) groups is 1. The molecule has 0 fully saturated rings. The van der Waals surface area contributed by atoms with Crippen molar-refractivity contribution < 1.29 is 4.79 Å². The van der Waals surface area contributed by atoms with E-state index in [1.807, 2.05) is 31.2 Å². The highest BCUT2D eigenvalue weighted by Gasteiger charge is 2.11. The van der Waals surface area contributed by atoms with Crippen LogP contribution in [0.25, 0.3) is 10.1 Å². The number of fused-ring (bicyclic) bond motifs is 1. The molecule has 3 aromatic rings. The van der Waals surface area contributed by atoms with Crippen LogP contribution < -0.4 is 0 Å². The van der Waals surface area contributed by atoms with Crippen LogP contribution in [0.2, 0.25) is 0 Å². The minimum atomic E-state index is 0.0762. The average Bonchev–Trinajstić information content (AvgIpc) is 2.82. The van der Waals surface area contributed by atoms with Crippen LogP contribution in [0.1, 0.15) is 21.7 Å². The highest BCUT2D eigenvalue weighted by atomic mass is 32.1. The minimum absolute atomic E-state index is 0.0762. The van der Waals surface area contributed by atoms with Crippen molar-refractivity contribution in [1.82, 2.24) is 4.98 Å². The SMILES string of the molecule is Cc1cccc(C(=O)Cc2csc3ccccc23)n1. The molecular weight excluding hydrogens is 254 g/mol. The molecule has 0 saturated heterocycles. The third-order valence-corrected chi connectivity index (χ3v) is 4.10. The molecule has 3 heteroatoms. The van der Waals surface area contributed by atoms with E-state index in [1.54, 1.807) is 17.4 Å². The van der Waals surface area contributed by atoms with Crippen molar-refractivity contribution in [2.24, 2.45) is 0 Å². The monoisotopic (exact) mass is 267 g/mol. The number of nitrogens with zero attached hydrogens (tertiary/aromatic N) is 1. The molecule has 19 heavy (non-hydrogen) atoms. The Hall–Kier alpha value is -2.00. The van der Waals surface area contributed by atoms with Crippen molar-refractivity contribution in [3.63, 3.8) is 0 Å². The number of thiophene rings is 1. The Morgan fingerprint density at radius 3 is 2.84 bits per heavy atom. The van der Waals surface area contributed by atoms with Crippen LogP contribution in [0.3, 0.4) is 0 Å². The number of Topliss-reactive ketones (excluding diaryl/α,β-unsaturated/α-hetero) is 1. The zero-order valence-corrected chi connectivity index (χ0v) is 11.4. The molecule has 0 saturated carbocycles. The van der Waals surface area contributed by atoms with E-state index >= 15 is 0 Å². The number of hydrogen-bond acceptors (Lipinski definition) is 3. The second-order valence-corrected chi connectivity index (χ2v) is 5.43. The van der Waals surface area contributed by atoms with Gasteiger partial charge < -0.3 is 0 Å². The van der Waals surface area contributed by atoms with Gasteiger partial charge in [-0.25, -0.2) is 0 Å². The fourth-order valence-electron chi connectivity index (χ4n) is 2.13. The number of ketones is 1. The van der Waals surface area contributed by atoms with E-state index in [0.29, 0.717) is 12.1 Å². The highest BCUT2D eigenvalue weighted by Crippen LogP contribution is 2.26. The Kier molecular flexibility index (Phi) is 3.13. The number of hydrogen-bond donors (Lipinski definition) is 0. The van der Waals surface area contributed by atoms with Crippen LogP contribution in [0, 0.1) is 6.92 Å². The zero-order valence-electron chi connectivity index (χ0n) is 10.6. The summed E-state index contributed by atoms with van der Waals surface area (Å²) in [5.41, 5.74) is 2.52. The summed E-state index contributed by atoms with van der Waals surface area (Å²) in [6, 6.07) is 13.7. The van der Waals surface area contributed by atoms with E-state index in [4.69, 9.17) is 0 Å². The summed E-state index contributed by atoms with van der Waals surface area (Å²) in [6.45, 7) is 1.90. The lowest BCUT2D eigenvalue weighted by molar-refractivity contribution is 0.0988. The van der Waals surface area contributed by atoms with Crippen LogP contribution in [-0.4, -0.2) is 10.8 Å². The van der Waals surface area contributed by atoms with Gasteiger partial charge in [0.05, 0.1) is 0 Å². The van der Waals surface area contributed by atoms with Gasteiger partial charge in [0.15, 0.2) is 5.78 Å². The molecule has 2 nitrogen and oxygen atoms in total. The molecule has 0 aliphatic heterocycles. The molecule has 0 bridgehead atoms. The Labute approximate surface area is 115 Å². The number of rotatable bonds is 3. The maximum absolute atomic E-state index is 12.3.